The van der Waals surface area contributed by atoms with Crippen molar-refractivity contribution >= 4 is 11.9 Å². The predicted octanol–water partition coefficient (Wildman–Crippen LogP) is 2.67. The van der Waals surface area contributed by atoms with E-state index in [-0.39, 0.29) is 5.91 Å². The summed E-state index contributed by atoms with van der Waals surface area (Å²) < 4.78 is 0. The van der Waals surface area contributed by atoms with Crippen molar-refractivity contribution in [2.24, 2.45) is 5.73 Å². The van der Waals surface area contributed by atoms with Crippen molar-refractivity contribution in [2.75, 3.05) is 6.54 Å². The summed E-state index contributed by atoms with van der Waals surface area (Å²) in [6.07, 6.45) is 1.78. The van der Waals surface area contributed by atoms with Gasteiger partial charge in [-0.3, -0.25) is 4.79 Å². The molecule has 0 saturated carbocycles. The molecule has 24 heavy (non-hydrogen) atoms. The standard InChI is InChI=1S/C19H22N2O3/c20-13-5-4-8-17(19(23)24)21-18(22)16-11-9-15(10-12-16)14-6-2-1-3-7-14/h1-3,6-7,9-12,17H,4-5,8,13,20H2,(H,21,22)(H,23,24)/t17-/m1/s1. The number of unbranched alkanes of at least 4 members (excludes halogenated alkanes) is 1. The molecule has 5 heteroatoms. The summed E-state index contributed by atoms with van der Waals surface area (Å²) in [5.41, 5.74) is 7.92. The number of carbonyl (C=O) groups is 2. The van der Waals surface area contributed by atoms with Gasteiger partial charge in [0, 0.05) is 5.56 Å². The molecule has 1 atom stereocenters. The van der Waals surface area contributed by atoms with Crippen LogP contribution in [0.3, 0.4) is 0 Å². The van der Waals surface area contributed by atoms with Gasteiger partial charge in [0.2, 0.25) is 0 Å². The largest absolute Gasteiger partial charge is 0.480 e. The zero-order valence-corrected chi connectivity index (χ0v) is 13.4. The summed E-state index contributed by atoms with van der Waals surface area (Å²) in [5, 5.41) is 11.8. The number of benzene rings is 2. The molecular weight excluding hydrogens is 304 g/mol. The lowest BCUT2D eigenvalue weighted by Gasteiger charge is -2.14. The van der Waals surface area contributed by atoms with Crippen LogP contribution in [0, 0.1) is 0 Å². The third-order valence-corrected chi connectivity index (χ3v) is 3.80. The number of carboxylic acids is 1. The van der Waals surface area contributed by atoms with Crippen LogP contribution in [0.2, 0.25) is 0 Å². The Labute approximate surface area is 141 Å². The number of nitrogens with one attached hydrogen (secondary N) is 1. The Morgan fingerprint density at radius 1 is 0.958 bits per heavy atom. The Kier molecular flexibility index (Phi) is 6.51. The Bertz CT molecular complexity index is 669. The maximum absolute atomic E-state index is 12.2. The van der Waals surface area contributed by atoms with Gasteiger partial charge in [-0.05, 0) is 49.1 Å². The van der Waals surface area contributed by atoms with Crippen LogP contribution in [-0.2, 0) is 4.79 Å². The van der Waals surface area contributed by atoms with Crippen LogP contribution in [0.1, 0.15) is 29.6 Å². The van der Waals surface area contributed by atoms with Crippen molar-refractivity contribution in [3.05, 3.63) is 60.2 Å². The Morgan fingerprint density at radius 3 is 2.17 bits per heavy atom. The molecule has 0 spiro atoms. The molecule has 2 aromatic rings. The highest BCUT2D eigenvalue weighted by atomic mass is 16.4. The highest BCUT2D eigenvalue weighted by molar-refractivity contribution is 5.97. The van der Waals surface area contributed by atoms with Crippen molar-refractivity contribution in [2.45, 2.75) is 25.3 Å². The fourth-order valence-corrected chi connectivity index (χ4v) is 2.44. The first-order valence-corrected chi connectivity index (χ1v) is 8.01. The molecule has 126 valence electrons. The summed E-state index contributed by atoms with van der Waals surface area (Å²) in [5.74, 6) is -1.41. The Hall–Kier alpha value is -2.66. The maximum Gasteiger partial charge on any atom is 0.326 e. The number of aliphatic carboxylic acids is 1. The van der Waals surface area contributed by atoms with Gasteiger partial charge < -0.3 is 16.2 Å². The van der Waals surface area contributed by atoms with Gasteiger partial charge in [0.25, 0.3) is 5.91 Å². The molecule has 2 rings (SSSR count). The molecule has 0 unspecified atom stereocenters. The van der Waals surface area contributed by atoms with Crippen LogP contribution >= 0.6 is 0 Å². The van der Waals surface area contributed by atoms with Gasteiger partial charge in [-0.1, -0.05) is 42.5 Å². The topological polar surface area (TPSA) is 92.4 Å². The molecule has 5 nitrogen and oxygen atoms in total. The molecule has 0 aliphatic heterocycles. The molecule has 0 bridgehead atoms. The third kappa shape index (κ3) is 4.93. The van der Waals surface area contributed by atoms with Crippen LogP contribution in [0.15, 0.2) is 54.6 Å². The minimum Gasteiger partial charge on any atom is -0.480 e. The van der Waals surface area contributed by atoms with Crippen LogP contribution in [0.4, 0.5) is 0 Å². The number of nitrogens with two attached hydrogens (primary N) is 1. The molecule has 1 amide bonds. The van der Waals surface area contributed by atoms with E-state index in [1.54, 1.807) is 12.1 Å². The second-order valence-electron chi connectivity index (χ2n) is 5.59. The lowest BCUT2D eigenvalue weighted by Crippen LogP contribution is -2.40. The molecule has 0 aliphatic carbocycles. The van der Waals surface area contributed by atoms with E-state index in [1.807, 2.05) is 42.5 Å². The van der Waals surface area contributed by atoms with Gasteiger partial charge in [0.15, 0.2) is 0 Å². The lowest BCUT2D eigenvalue weighted by atomic mass is 10.0. The highest BCUT2D eigenvalue weighted by Gasteiger charge is 2.20. The molecule has 0 saturated heterocycles. The average Bonchev–Trinajstić information content (AvgIpc) is 2.61. The number of hydrogen-bond acceptors (Lipinski definition) is 3. The third-order valence-electron chi connectivity index (χ3n) is 3.80. The average molecular weight is 326 g/mol. The Balaban J connectivity index is 2.02. The second kappa shape index (κ2) is 8.84. The van der Waals surface area contributed by atoms with Crippen molar-refractivity contribution in [1.29, 1.82) is 0 Å². The number of carboxylic acid groups (broad SMARTS) is 1. The first kappa shape index (κ1) is 17.7. The van der Waals surface area contributed by atoms with Crippen molar-refractivity contribution in [3.63, 3.8) is 0 Å². The van der Waals surface area contributed by atoms with Crippen LogP contribution < -0.4 is 11.1 Å². The summed E-state index contributed by atoms with van der Waals surface area (Å²) >= 11 is 0. The van der Waals surface area contributed by atoms with E-state index in [0.717, 1.165) is 17.5 Å². The van der Waals surface area contributed by atoms with E-state index in [9.17, 15) is 14.7 Å². The summed E-state index contributed by atoms with van der Waals surface area (Å²) in [7, 11) is 0. The van der Waals surface area contributed by atoms with Crippen LogP contribution in [-0.4, -0.2) is 29.6 Å². The van der Waals surface area contributed by atoms with Crippen molar-refractivity contribution < 1.29 is 14.7 Å². The van der Waals surface area contributed by atoms with Crippen LogP contribution in [0.5, 0.6) is 0 Å². The quantitative estimate of drug-likeness (QED) is 0.650. The number of carbonyl (C=O) groups excluding carboxylic acids is 1. The van der Waals surface area contributed by atoms with Gasteiger partial charge >= 0.3 is 5.97 Å². The molecule has 2 aromatic carbocycles. The van der Waals surface area contributed by atoms with Gasteiger partial charge in [-0.25, -0.2) is 4.79 Å². The molecule has 0 fully saturated rings. The normalized spacial score (nSPS) is 11.7. The van der Waals surface area contributed by atoms with Gasteiger partial charge in [-0.15, -0.1) is 0 Å². The van der Waals surface area contributed by atoms with E-state index in [4.69, 9.17) is 5.73 Å². The minimum atomic E-state index is -1.03. The van der Waals surface area contributed by atoms with E-state index >= 15 is 0 Å². The first-order valence-electron chi connectivity index (χ1n) is 8.01. The van der Waals surface area contributed by atoms with E-state index in [0.29, 0.717) is 24.9 Å². The van der Waals surface area contributed by atoms with E-state index in [2.05, 4.69) is 5.32 Å². The van der Waals surface area contributed by atoms with E-state index in [1.165, 1.54) is 0 Å². The zero-order valence-electron chi connectivity index (χ0n) is 13.4. The van der Waals surface area contributed by atoms with Crippen LogP contribution in [0.25, 0.3) is 11.1 Å². The number of hydrogen-bond donors (Lipinski definition) is 3. The fourth-order valence-electron chi connectivity index (χ4n) is 2.44. The Morgan fingerprint density at radius 2 is 1.58 bits per heavy atom. The number of amides is 1. The predicted molar refractivity (Wildman–Crippen MR) is 93.7 cm³/mol. The fraction of sp³-hybridized carbons (Fsp3) is 0.263. The zero-order chi connectivity index (χ0) is 17.4. The smallest absolute Gasteiger partial charge is 0.326 e. The first-order chi connectivity index (χ1) is 11.6. The maximum atomic E-state index is 12.2. The second-order valence-corrected chi connectivity index (χ2v) is 5.59. The molecule has 0 aromatic heterocycles. The molecule has 4 N–H and O–H groups in total. The van der Waals surface area contributed by atoms with Gasteiger partial charge in [0.1, 0.15) is 6.04 Å². The molecule has 0 aliphatic rings. The molecular formula is C19H22N2O3. The highest BCUT2D eigenvalue weighted by Crippen LogP contribution is 2.19. The number of rotatable bonds is 8. The molecule has 0 heterocycles. The van der Waals surface area contributed by atoms with Crippen molar-refractivity contribution in [1.82, 2.24) is 5.32 Å². The minimum absolute atomic E-state index is 0.375. The molecule has 0 radical (unpaired) electrons. The lowest BCUT2D eigenvalue weighted by molar-refractivity contribution is -0.139. The summed E-state index contributed by atoms with van der Waals surface area (Å²) in [6.45, 7) is 0.515. The van der Waals surface area contributed by atoms with Crippen molar-refractivity contribution in [3.8, 4) is 11.1 Å². The monoisotopic (exact) mass is 326 g/mol. The summed E-state index contributed by atoms with van der Waals surface area (Å²) in [4.78, 5) is 23.5. The summed E-state index contributed by atoms with van der Waals surface area (Å²) in [6, 6.07) is 16.1. The van der Waals surface area contributed by atoms with Gasteiger partial charge in [0.05, 0.1) is 0 Å². The van der Waals surface area contributed by atoms with E-state index < -0.39 is 12.0 Å². The van der Waals surface area contributed by atoms with Gasteiger partial charge in [-0.2, -0.15) is 0 Å². The SMILES string of the molecule is NCCCC[C@@H](NC(=O)c1ccc(-c2ccccc2)cc1)C(=O)O.